The summed E-state index contributed by atoms with van der Waals surface area (Å²) in [6, 6.07) is 16.7. The Labute approximate surface area is 169 Å². The summed E-state index contributed by atoms with van der Waals surface area (Å²) in [5, 5.41) is 4.92. The molecule has 138 valence electrons. The van der Waals surface area contributed by atoms with Crippen LogP contribution in [0.5, 0.6) is 0 Å². The van der Waals surface area contributed by atoms with E-state index in [0.717, 1.165) is 35.9 Å². The SMILES string of the molecule is Cc1ccc(-c2[nH]c3c(Cl)cc(Cl)cc3c2CCCCN)c2ccccc12. The minimum Gasteiger partial charge on any atom is -0.353 e. The van der Waals surface area contributed by atoms with Gasteiger partial charge in [-0.2, -0.15) is 0 Å². The van der Waals surface area contributed by atoms with E-state index in [1.165, 1.54) is 27.5 Å². The van der Waals surface area contributed by atoms with Crippen molar-refractivity contribution in [3.05, 3.63) is 69.7 Å². The Hall–Kier alpha value is -2.00. The van der Waals surface area contributed by atoms with Gasteiger partial charge in [0.15, 0.2) is 0 Å². The smallest absolute Gasteiger partial charge is 0.0662 e. The van der Waals surface area contributed by atoms with Crippen molar-refractivity contribution in [3.8, 4) is 11.3 Å². The van der Waals surface area contributed by atoms with Gasteiger partial charge in [0, 0.05) is 16.0 Å². The van der Waals surface area contributed by atoms with E-state index in [1.807, 2.05) is 6.07 Å². The zero-order chi connectivity index (χ0) is 19.0. The van der Waals surface area contributed by atoms with Crippen LogP contribution >= 0.6 is 23.2 Å². The second kappa shape index (κ2) is 7.55. The number of H-pyrrole nitrogens is 1. The van der Waals surface area contributed by atoms with E-state index in [0.29, 0.717) is 16.6 Å². The van der Waals surface area contributed by atoms with Crippen LogP contribution in [0.1, 0.15) is 24.0 Å². The van der Waals surface area contributed by atoms with Crippen LogP contribution in [0.25, 0.3) is 32.9 Å². The van der Waals surface area contributed by atoms with Gasteiger partial charge >= 0.3 is 0 Å². The maximum absolute atomic E-state index is 6.50. The molecule has 0 saturated carbocycles. The van der Waals surface area contributed by atoms with Gasteiger partial charge in [-0.3, -0.25) is 0 Å². The molecule has 0 spiro atoms. The number of unbranched alkanes of at least 4 members (excludes halogenated alkanes) is 1. The van der Waals surface area contributed by atoms with Gasteiger partial charge < -0.3 is 10.7 Å². The molecule has 0 bridgehead atoms. The number of hydrogen-bond acceptors (Lipinski definition) is 1. The Morgan fingerprint density at radius 1 is 0.926 bits per heavy atom. The summed E-state index contributed by atoms with van der Waals surface area (Å²) in [7, 11) is 0. The average molecular weight is 397 g/mol. The highest BCUT2D eigenvalue weighted by atomic mass is 35.5. The number of aromatic nitrogens is 1. The van der Waals surface area contributed by atoms with Crippen molar-refractivity contribution in [1.29, 1.82) is 0 Å². The molecule has 0 aliphatic carbocycles. The molecule has 0 atom stereocenters. The van der Waals surface area contributed by atoms with E-state index < -0.39 is 0 Å². The van der Waals surface area contributed by atoms with E-state index in [2.05, 4.69) is 48.3 Å². The topological polar surface area (TPSA) is 41.8 Å². The first-order chi connectivity index (χ1) is 13.1. The highest BCUT2D eigenvalue weighted by molar-refractivity contribution is 6.38. The number of hydrogen-bond donors (Lipinski definition) is 2. The van der Waals surface area contributed by atoms with Gasteiger partial charge in [0.2, 0.25) is 0 Å². The Bertz CT molecular complexity index is 1130. The number of rotatable bonds is 5. The summed E-state index contributed by atoms with van der Waals surface area (Å²) in [6.45, 7) is 2.85. The molecule has 0 fully saturated rings. The third-order valence-corrected chi connectivity index (χ3v) is 5.74. The summed E-state index contributed by atoms with van der Waals surface area (Å²) in [5.41, 5.74) is 11.5. The van der Waals surface area contributed by atoms with Gasteiger partial charge in [-0.1, -0.05) is 59.6 Å². The molecular formula is C23H22Cl2N2. The number of aryl methyl sites for hydroxylation is 2. The molecule has 3 N–H and O–H groups in total. The van der Waals surface area contributed by atoms with Crippen molar-refractivity contribution >= 4 is 44.9 Å². The van der Waals surface area contributed by atoms with Crippen LogP contribution in [0.3, 0.4) is 0 Å². The number of nitrogens with two attached hydrogens (primary N) is 1. The van der Waals surface area contributed by atoms with Crippen molar-refractivity contribution in [2.24, 2.45) is 5.73 Å². The molecule has 0 aliphatic heterocycles. The zero-order valence-corrected chi connectivity index (χ0v) is 16.8. The van der Waals surface area contributed by atoms with Crippen molar-refractivity contribution in [1.82, 2.24) is 4.98 Å². The summed E-state index contributed by atoms with van der Waals surface area (Å²) in [4.78, 5) is 3.59. The predicted molar refractivity (Wildman–Crippen MR) is 118 cm³/mol. The van der Waals surface area contributed by atoms with Crippen molar-refractivity contribution in [2.75, 3.05) is 6.54 Å². The van der Waals surface area contributed by atoms with Crippen LogP contribution in [0.2, 0.25) is 10.0 Å². The van der Waals surface area contributed by atoms with Gasteiger partial charge in [0.05, 0.1) is 16.2 Å². The molecule has 3 aromatic carbocycles. The monoisotopic (exact) mass is 396 g/mol. The lowest BCUT2D eigenvalue weighted by Gasteiger charge is -2.11. The standard InChI is InChI=1S/C23H22Cl2N2/c1-14-9-10-19(17-7-3-2-6-16(14)17)22-18(8-4-5-11-26)20-12-15(24)13-21(25)23(20)27-22/h2-3,6-7,9-10,12-13,27H,4-5,8,11,26H2,1H3. The fraction of sp³-hybridized carbons (Fsp3) is 0.217. The minimum atomic E-state index is 0.653. The van der Waals surface area contributed by atoms with Crippen LogP contribution in [0, 0.1) is 6.92 Å². The molecule has 0 radical (unpaired) electrons. The Balaban J connectivity index is 2.00. The molecule has 0 unspecified atom stereocenters. The van der Waals surface area contributed by atoms with Gasteiger partial charge in [-0.05, 0) is 66.8 Å². The largest absolute Gasteiger partial charge is 0.353 e. The third kappa shape index (κ3) is 3.34. The number of halogens is 2. The molecule has 1 heterocycles. The maximum Gasteiger partial charge on any atom is 0.0662 e. The van der Waals surface area contributed by atoms with Crippen molar-refractivity contribution in [2.45, 2.75) is 26.2 Å². The summed E-state index contributed by atoms with van der Waals surface area (Å²) in [6.07, 6.45) is 2.96. The zero-order valence-electron chi connectivity index (χ0n) is 15.3. The number of nitrogens with one attached hydrogen (secondary N) is 1. The number of benzene rings is 3. The van der Waals surface area contributed by atoms with Gasteiger partial charge in [-0.15, -0.1) is 0 Å². The first kappa shape index (κ1) is 18.4. The average Bonchev–Trinajstić information content (AvgIpc) is 3.01. The summed E-state index contributed by atoms with van der Waals surface area (Å²) >= 11 is 12.8. The summed E-state index contributed by atoms with van der Waals surface area (Å²) in [5.74, 6) is 0. The Morgan fingerprint density at radius 2 is 1.70 bits per heavy atom. The van der Waals surface area contributed by atoms with E-state index in [9.17, 15) is 0 Å². The lowest BCUT2D eigenvalue weighted by atomic mass is 9.94. The van der Waals surface area contributed by atoms with Crippen LogP contribution in [0.15, 0.2) is 48.5 Å². The van der Waals surface area contributed by atoms with Crippen LogP contribution in [-0.2, 0) is 6.42 Å². The number of aromatic amines is 1. The molecule has 1 aromatic heterocycles. The van der Waals surface area contributed by atoms with E-state index >= 15 is 0 Å². The van der Waals surface area contributed by atoms with Crippen molar-refractivity contribution in [3.63, 3.8) is 0 Å². The molecule has 2 nitrogen and oxygen atoms in total. The third-order valence-electron chi connectivity index (χ3n) is 5.22. The molecule has 0 aliphatic rings. The fourth-order valence-electron chi connectivity index (χ4n) is 3.88. The molecular weight excluding hydrogens is 375 g/mol. The van der Waals surface area contributed by atoms with Crippen LogP contribution < -0.4 is 5.73 Å². The fourth-order valence-corrected chi connectivity index (χ4v) is 4.42. The highest BCUT2D eigenvalue weighted by Crippen LogP contribution is 2.39. The van der Waals surface area contributed by atoms with E-state index in [4.69, 9.17) is 28.9 Å². The maximum atomic E-state index is 6.50. The van der Waals surface area contributed by atoms with E-state index in [1.54, 1.807) is 6.07 Å². The first-order valence-corrected chi connectivity index (χ1v) is 10.0. The molecule has 4 heteroatoms. The lowest BCUT2D eigenvalue weighted by Crippen LogP contribution is -1.99. The van der Waals surface area contributed by atoms with Gasteiger partial charge in [-0.25, -0.2) is 0 Å². The first-order valence-electron chi connectivity index (χ1n) is 9.28. The molecule has 4 aromatic rings. The lowest BCUT2D eigenvalue weighted by molar-refractivity contribution is 0.748. The molecule has 0 saturated heterocycles. The normalized spacial score (nSPS) is 11.6. The Morgan fingerprint density at radius 3 is 2.48 bits per heavy atom. The van der Waals surface area contributed by atoms with Gasteiger partial charge in [0.25, 0.3) is 0 Å². The highest BCUT2D eigenvalue weighted by Gasteiger charge is 2.17. The van der Waals surface area contributed by atoms with Crippen LogP contribution in [0.4, 0.5) is 0 Å². The molecule has 4 rings (SSSR count). The summed E-state index contributed by atoms with van der Waals surface area (Å²) < 4.78 is 0. The molecule has 27 heavy (non-hydrogen) atoms. The van der Waals surface area contributed by atoms with Gasteiger partial charge in [0.1, 0.15) is 0 Å². The van der Waals surface area contributed by atoms with Crippen molar-refractivity contribution < 1.29 is 0 Å². The minimum absolute atomic E-state index is 0.653. The molecule has 0 amide bonds. The Kier molecular flexibility index (Phi) is 5.14. The van der Waals surface area contributed by atoms with E-state index in [-0.39, 0.29) is 0 Å². The quantitative estimate of drug-likeness (QED) is 0.354. The number of fused-ring (bicyclic) bond motifs is 2. The predicted octanol–water partition coefficient (Wildman–Crippen LogP) is 6.88. The van der Waals surface area contributed by atoms with Crippen LogP contribution in [-0.4, -0.2) is 11.5 Å². The second-order valence-corrected chi connectivity index (χ2v) is 7.85. The second-order valence-electron chi connectivity index (χ2n) is 7.01.